The summed E-state index contributed by atoms with van der Waals surface area (Å²) in [7, 11) is 1.53. The van der Waals surface area contributed by atoms with Crippen LogP contribution in [0.4, 0.5) is 5.69 Å². The molecule has 5 heteroatoms. The number of hydrogen-bond donors (Lipinski definition) is 2. The van der Waals surface area contributed by atoms with Crippen molar-refractivity contribution in [1.29, 1.82) is 0 Å². The van der Waals surface area contributed by atoms with Crippen molar-refractivity contribution in [2.45, 2.75) is 20.3 Å². The largest absolute Gasteiger partial charge is 0.495 e. The highest BCUT2D eigenvalue weighted by atomic mass is 16.5. The number of nitrogens with one attached hydrogen (secondary N) is 2. The molecule has 104 valence electrons. The van der Waals surface area contributed by atoms with Crippen LogP contribution < -0.4 is 15.4 Å². The zero-order valence-corrected chi connectivity index (χ0v) is 11.5. The normalized spacial score (nSPS) is 10.1. The lowest BCUT2D eigenvalue weighted by molar-refractivity contribution is -0.126. The first-order valence-corrected chi connectivity index (χ1v) is 6.22. The lowest BCUT2D eigenvalue weighted by Crippen LogP contribution is -2.30. The van der Waals surface area contributed by atoms with Gasteiger partial charge in [0, 0.05) is 6.54 Å². The molecule has 0 saturated heterocycles. The summed E-state index contributed by atoms with van der Waals surface area (Å²) in [5.41, 5.74) is 0.562. The van der Waals surface area contributed by atoms with Crippen molar-refractivity contribution in [3.63, 3.8) is 0 Å². The Kier molecular flexibility index (Phi) is 5.85. The van der Waals surface area contributed by atoms with Gasteiger partial charge in [-0.15, -0.1) is 0 Å². The van der Waals surface area contributed by atoms with E-state index >= 15 is 0 Å². The van der Waals surface area contributed by atoms with Crippen LogP contribution in [-0.2, 0) is 9.59 Å². The molecule has 0 heterocycles. The van der Waals surface area contributed by atoms with Gasteiger partial charge in [-0.25, -0.2) is 0 Å². The van der Waals surface area contributed by atoms with Gasteiger partial charge in [-0.05, 0) is 18.1 Å². The van der Waals surface area contributed by atoms with E-state index in [0.717, 1.165) is 0 Å². The van der Waals surface area contributed by atoms with Crippen molar-refractivity contribution in [3.05, 3.63) is 24.3 Å². The molecule has 0 aliphatic rings. The number of hydrogen-bond acceptors (Lipinski definition) is 3. The number of amides is 2. The minimum absolute atomic E-state index is 0.190. The molecule has 0 saturated carbocycles. The molecule has 0 spiro atoms. The Labute approximate surface area is 113 Å². The molecule has 0 radical (unpaired) electrons. The van der Waals surface area contributed by atoms with Gasteiger partial charge in [0.2, 0.25) is 11.8 Å². The molecule has 1 aromatic carbocycles. The monoisotopic (exact) mass is 264 g/mol. The van der Waals surface area contributed by atoms with Crippen molar-refractivity contribution in [1.82, 2.24) is 5.32 Å². The summed E-state index contributed by atoms with van der Waals surface area (Å²) in [6, 6.07) is 7.07. The number of benzene rings is 1. The van der Waals surface area contributed by atoms with Gasteiger partial charge in [-0.3, -0.25) is 9.59 Å². The number of carbonyl (C=O) groups is 2. The molecule has 1 rings (SSSR count). The Morgan fingerprint density at radius 1 is 1.21 bits per heavy atom. The van der Waals surface area contributed by atoms with Crippen LogP contribution in [0.2, 0.25) is 0 Å². The number of methoxy groups -OCH3 is 1. The van der Waals surface area contributed by atoms with Crippen molar-refractivity contribution in [2.75, 3.05) is 19.0 Å². The van der Waals surface area contributed by atoms with Gasteiger partial charge in [0.05, 0.1) is 12.8 Å². The predicted octanol–water partition coefficient (Wildman–Crippen LogP) is 1.80. The van der Waals surface area contributed by atoms with Crippen molar-refractivity contribution >= 4 is 17.5 Å². The van der Waals surface area contributed by atoms with Gasteiger partial charge >= 0.3 is 0 Å². The summed E-state index contributed by atoms with van der Waals surface area (Å²) in [6.45, 7) is 4.56. The van der Waals surface area contributed by atoms with E-state index in [1.165, 1.54) is 7.11 Å². The van der Waals surface area contributed by atoms with Crippen LogP contribution in [-0.4, -0.2) is 25.5 Å². The maximum atomic E-state index is 11.7. The molecule has 0 unspecified atom stereocenters. The average Bonchev–Trinajstić information content (AvgIpc) is 2.37. The number of ether oxygens (including phenoxy) is 1. The first-order valence-electron chi connectivity index (χ1n) is 6.22. The number of carbonyl (C=O) groups excluding carboxylic acids is 2. The number of anilines is 1. The summed E-state index contributed by atoms with van der Waals surface area (Å²) in [5, 5.41) is 5.35. The molecule has 2 amide bonds. The van der Waals surface area contributed by atoms with E-state index in [9.17, 15) is 9.59 Å². The van der Waals surface area contributed by atoms with Crippen molar-refractivity contribution < 1.29 is 14.3 Å². The molecule has 1 aromatic rings. The molecule has 0 atom stereocenters. The molecule has 0 bridgehead atoms. The van der Waals surface area contributed by atoms with Crippen molar-refractivity contribution in [2.24, 2.45) is 5.92 Å². The fraction of sp³-hybridized carbons (Fsp3) is 0.429. The third-order valence-electron chi connectivity index (χ3n) is 2.41. The predicted molar refractivity (Wildman–Crippen MR) is 74.1 cm³/mol. The summed E-state index contributed by atoms with van der Waals surface area (Å²) >= 11 is 0. The molecule has 19 heavy (non-hydrogen) atoms. The maximum Gasteiger partial charge on any atom is 0.233 e. The second kappa shape index (κ2) is 7.41. The van der Waals surface area contributed by atoms with Gasteiger partial charge in [-0.1, -0.05) is 26.0 Å². The van der Waals surface area contributed by atoms with E-state index in [4.69, 9.17) is 4.74 Å². The SMILES string of the molecule is COc1ccccc1NC(=O)CC(=O)NCC(C)C. The molecule has 2 N–H and O–H groups in total. The van der Waals surface area contributed by atoms with E-state index in [1.807, 2.05) is 19.9 Å². The molecule has 5 nitrogen and oxygen atoms in total. The molecule has 0 aliphatic heterocycles. The lowest BCUT2D eigenvalue weighted by atomic mass is 10.2. The van der Waals surface area contributed by atoms with Crippen LogP contribution in [0.3, 0.4) is 0 Å². The Bertz CT molecular complexity index is 444. The average molecular weight is 264 g/mol. The Hall–Kier alpha value is -2.04. The lowest BCUT2D eigenvalue weighted by Gasteiger charge is -2.10. The van der Waals surface area contributed by atoms with Gasteiger partial charge in [0.15, 0.2) is 0 Å². The molecular formula is C14H20N2O3. The Morgan fingerprint density at radius 3 is 2.53 bits per heavy atom. The Morgan fingerprint density at radius 2 is 1.89 bits per heavy atom. The minimum Gasteiger partial charge on any atom is -0.495 e. The van der Waals surface area contributed by atoms with E-state index < -0.39 is 0 Å². The summed E-state index contributed by atoms with van der Waals surface area (Å²) in [5.74, 6) is 0.298. The summed E-state index contributed by atoms with van der Waals surface area (Å²) in [6.07, 6.45) is -0.190. The van der Waals surface area contributed by atoms with Crippen LogP contribution in [0.5, 0.6) is 5.75 Å². The minimum atomic E-state index is -0.356. The van der Waals surface area contributed by atoms with Gasteiger partial charge in [0.25, 0.3) is 0 Å². The zero-order chi connectivity index (χ0) is 14.3. The second-order valence-electron chi connectivity index (χ2n) is 4.62. The van der Waals surface area contributed by atoms with E-state index in [-0.39, 0.29) is 18.2 Å². The third kappa shape index (κ3) is 5.42. The van der Waals surface area contributed by atoms with Crippen LogP contribution in [0.25, 0.3) is 0 Å². The fourth-order valence-electron chi connectivity index (χ4n) is 1.47. The fourth-order valence-corrected chi connectivity index (χ4v) is 1.47. The number of para-hydroxylation sites is 2. The maximum absolute atomic E-state index is 11.7. The molecular weight excluding hydrogens is 244 g/mol. The van der Waals surface area contributed by atoms with Crippen LogP contribution in [0, 0.1) is 5.92 Å². The number of rotatable bonds is 6. The molecule has 0 fully saturated rings. The first kappa shape index (κ1) is 15.0. The van der Waals surface area contributed by atoms with Crippen molar-refractivity contribution in [3.8, 4) is 5.75 Å². The quantitative estimate of drug-likeness (QED) is 0.770. The summed E-state index contributed by atoms with van der Waals surface area (Å²) in [4.78, 5) is 23.2. The summed E-state index contributed by atoms with van der Waals surface area (Å²) < 4.78 is 5.11. The second-order valence-corrected chi connectivity index (χ2v) is 4.62. The van der Waals surface area contributed by atoms with Crippen LogP contribution >= 0.6 is 0 Å². The smallest absolute Gasteiger partial charge is 0.233 e. The van der Waals surface area contributed by atoms with Crippen LogP contribution in [0.1, 0.15) is 20.3 Å². The van der Waals surface area contributed by atoms with Gasteiger partial charge < -0.3 is 15.4 Å². The van der Waals surface area contributed by atoms with Gasteiger partial charge in [0.1, 0.15) is 12.2 Å². The molecule has 0 aliphatic carbocycles. The topological polar surface area (TPSA) is 67.4 Å². The highest BCUT2D eigenvalue weighted by molar-refractivity contribution is 6.04. The highest BCUT2D eigenvalue weighted by Gasteiger charge is 2.11. The zero-order valence-electron chi connectivity index (χ0n) is 11.5. The van der Waals surface area contributed by atoms with E-state index in [2.05, 4.69) is 10.6 Å². The third-order valence-corrected chi connectivity index (χ3v) is 2.41. The first-order chi connectivity index (χ1) is 9.02. The van der Waals surface area contributed by atoms with E-state index in [0.29, 0.717) is 23.9 Å². The Balaban J connectivity index is 2.49. The van der Waals surface area contributed by atoms with Gasteiger partial charge in [-0.2, -0.15) is 0 Å². The highest BCUT2D eigenvalue weighted by Crippen LogP contribution is 2.22. The molecule has 0 aromatic heterocycles. The van der Waals surface area contributed by atoms with E-state index in [1.54, 1.807) is 18.2 Å². The van der Waals surface area contributed by atoms with Crippen LogP contribution in [0.15, 0.2) is 24.3 Å². The standard InChI is InChI=1S/C14H20N2O3/c1-10(2)9-15-13(17)8-14(18)16-11-6-4-5-7-12(11)19-3/h4-7,10H,8-9H2,1-3H3,(H,15,17)(H,16,18).